The molecule has 0 amide bonds. The van der Waals surface area contributed by atoms with Gasteiger partial charge in [-0.15, -0.1) is 0 Å². The first-order chi connectivity index (χ1) is 36.2. The Morgan fingerprint density at radius 3 is 1.14 bits per heavy atom. The first kappa shape index (κ1) is 63.4. The largest absolute Gasteiger partial charge is 0.598 e. The molecule has 80 heavy (non-hydrogen) atoms. The molecule has 0 bridgehead atoms. The van der Waals surface area contributed by atoms with Crippen LogP contribution in [-0.4, -0.2) is 67.2 Å². The van der Waals surface area contributed by atoms with Gasteiger partial charge in [-0.1, -0.05) is 180 Å². The molecule has 0 spiro atoms. The van der Waals surface area contributed by atoms with Crippen LogP contribution < -0.4 is 0 Å². The normalized spacial score (nSPS) is 15.4. The highest BCUT2D eigenvalue weighted by Gasteiger charge is 2.61. The average Bonchev–Trinajstić information content (AvgIpc) is 3.93. The third-order valence-corrected chi connectivity index (χ3v) is 13.6. The van der Waals surface area contributed by atoms with E-state index < -0.39 is 119 Å². The Bertz CT molecular complexity index is 3030. The lowest BCUT2D eigenvalue weighted by Crippen LogP contribution is -2.48. The standard InChI is InChI=1S/C59H61BF16N2O2/c1-50(2,3)38-21-13-34(14-22-38)42-29-45(36-17-25-40(26-18-36)52(7,8)9)77-48(42)44(31-47(56(65,66)67)57(68,69)70)49-43(35-15-23-39(24-16-35)51(4,5)6)30-46(37-19-27-41(28-20-37)53(10,11)12)78(49)60(79-32-54(61,62)58(71,72)73)80-33-55(63,64)59(74,75)76/h13-30,47H,31-33H2,1-12H3/b48-44-. The molecule has 434 valence electrons. The molecule has 0 aliphatic carbocycles. The van der Waals surface area contributed by atoms with Gasteiger partial charge in [-0.2, -0.15) is 70.2 Å². The van der Waals surface area contributed by atoms with Crippen molar-refractivity contribution in [3.05, 3.63) is 154 Å². The quantitative estimate of drug-likeness (QED) is 0.0821. The van der Waals surface area contributed by atoms with Crippen LogP contribution in [0.5, 0.6) is 0 Å². The fourth-order valence-electron chi connectivity index (χ4n) is 8.73. The van der Waals surface area contributed by atoms with Gasteiger partial charge < -0.3 is 13.8 Å². The van der Waals surface area contributed by atoms with Gasteiger partial charge in [0.15, 0.2) is 5.92 Å². The summed E-state index contributed by atoms with van der Waals surface area (Å²) in [7, 11) is -3.34. The van der Waals surface area contributed by atoms with Gasteiger partial charge >= 0.3 is 43.8 Å². The molecule has 1 aromatic heterocycles. The van der Waals surface area contributed by atoms with Gasteiger partial charge in [0.25, 0.3) is 0 Å². The Kier molecular flexibility index (Phi) is 17.3. The first-order valence-electron chi connectivity index (χ1n) is 25.2. The van der Waals surface area contributed by atoms with Gasteiger partial charge in [0.1, 0.15) is 13.2 Å². The number of rotatable bonds is 14. The van der Waals surface area contributed by atoms with Crippen LogP contribution in [0, 0.1) is 5.92 Å². The van der Waals surface area contributed by atoms with Crippen LogP contribution in [0.15, 0.2) is 120 Å². The molecule has 4 aromatic carbocycles. The highest BCUT2D eigenvalue weighted by Crippen LogP contribution is 2.51. The van der Waals surface area contributed by atoms with Crippen molar-refractivity contribution in [3.63, 3.8) is 0 Å². The minimum absolute atomic E-state index is 0.0470. The zero-order valence-corrected chi connectivity index (χ0v) is 45.9. The van der Waals surface area contributed by atoms with Gasteiger partial charge in [0.05, 0.1) is 11.4 Å². The molecule has 21 heteroatoms. The number of aromatic nitrogens is 1. The maximum atomic E-state index is 15.4. The number of nitrogens with zero attached hydrogens (tertiary/aromatic N) is 2. The molecule has 0 saturated heterocycles. The van der Waals surface area contributed by atoms with Gasteiger partial charge in [-0.25, -0.2) is 4.99 Å². The van der Waals surface area contributed by atoms with Crippen LogP contribution in [0.2, 0.25) is 0 Å². The van der Waals surface area contributed by atoms with E-state index in [0.29, 0.717) is 15.6 Å². The van der Waals surface area contributed by atoms with Crippen LogP contribution >= 0.6 is 0 Å². The second-order valence-corrected chi connectivity index (χ2v) is 24.0. The summed E-state index contributed by atoms with van der Waals surface area (Å²) >= 11 is 0. The first-order valence-corrected chi connectivity index (χ1v) is 25.2. The monoisotopic (exact) mass is 1140 g/mol. The van der Waals surface area contributed by atoms with Gasteiger partial charge in [0, 0.05) is 33.7 Å². The van der Waals surface area contributed by atoms with Crippen molar-refractivity contribution in [2.75, 3.05) is 13.2 Å². The fourth-order valence-corrected chi connectivity index (χ4v) is 8.73. The Morgan fingerprint density at radius 1 is 0.463 bits per heavy atom. The second-order valence-electron chi connectivity index (χ2n) is 24.0. The molecule has 6 rings (SSSR count). The molecule has 0 saturated carbocycles. The molecule has 0 radical (unpaired) electrons. The topological polar surface area (TPSA) is 35.8 Å². The molecule has 5 aromatic rings. The maximum absolute atomic E-state index is 15.4. The summed E-state index contributed by atoms with van der Waals surface area (Å²) < 4.78 is 247. The lowest BCUT2D eigenvalue weighted by molar-refractivity contribution is -0.295. The van der Waals surface area contributed by atoms with Crippen LogP contribution in [0.25, 0.3) is 33.5 Å². The summed E-state index contributed by atoms with van der Waals surface area (Å²) in [4.78, 5) is 4.75. The molecule has 1 aliphatic rings. The Morgan fingerprint density at radius 2 is 0.800 bits per heavy atom. The molecule has 0 unspecified atom stereocenters. The maximum Gasteiger partial charge on any atom is 0.598 e. The van der Waals surface area contributed by atoms with Crippen molar-refractivity contribution in [2.45, 2.75) is 148 Å². The summed E-state index contributed by atoms with van der Waals surface area (Å²) in [6.07, 6.45) is -26.1. The van der Waals surface area contributed by atoms with Gasteiger partial charge in [-0.05, 0) is 79.2 Å². The van der Waals surface area contributed by atoms with Crippen molar-refractivity contribution < 1.29 is 79.6 Å². The minimum atomic E-state index is -6.47. The number of hydrogen-bond donors (Lipinski definition) is 0. The number of alkyl halides is 16. The number of hydrogen-bond acceptors (Lipinski definition) is 3. The summed E-state index contributed by atoms with van der Waals surface area (Å²) in [6.45, 7) is 16.4. The summed E-state index contributed by atoms with van der Waals surface area (Å²) in [6, 6.07) is 25.4. The van der Waals surface area contributed by atoms with E-state index in [9.17, 15) is 26.3 Å². The molecule has 2 heterocycles. The van der Waals surface area contributed by atoms with Crippen LogP contribution in [0.4, 0.5) is 70.2 Å². The molecular formula is C59H61BF16N2O2. The smallest absolute Gasteiger partial charge is 0.385 e. The van der Waals surface area contributed by atoms with Gasteiger partial charge in [-0.3, -0.25) is 0 Å². The van der Waals surface area contributed by atoms with E-state index in [4.69, 9.17) is 14.3 Å². The van der Waals surface area contributed by atoms with Crippen LogP contribution in [0.1, 0.15) is 129 Å². The van der Waals surface area contributed by atoms with Crippen molar-refractivity contribution in [3.8, 4) is 22.4 Å². The zero-order valence-electron chi connectivity index (χ0n) is 45.9. The highest BCUT2D eigenvalue weighted by molar-refractivity contribution is 6.44. The van der Waals surface area contributed by atoms with E-state index >= 15 is 43.9 Å². The van der Waals surface area contributed by atoms with Crippen LogP contribution in [-0.2, 0) is 31.0 Å². The van der Waals surface area contributed by atoms with E-state index in [-0.39, 0.29) is 33.5 Å². The third-order valence-electron chi connectivity index (χ3n) is 13.6. The molecule has 0 N–H and O–H groups in total. The minimum Gasteiger partial charge on any atom is -0.385 e. The number of allylic oxidation sites excluding steroid dienone is 3. The summed E-state index contributed by atoms with van der Waals surface area (Å²) in [5.41, 5.74) is -3.13. The Labute approximate surface area is 455 Å². The lowest BCUT2D eigenvalue weighted by Gasteiger charge is -2.29. The van der Waals surface area contributed by atoms with Crippen molar-refractivity contribution in [1.29, 1.82) is 0 Å². The highest BCUT2D eigenvalue weighted by atomic mass is 19.4. The average molecular weight is 1140 g/mol. The van der Waals surface area contributed by atoms with Crippen LogP contribution in [0.3, 0.4) is 0 Å². The number of benzene rings is 4. The third kappa shape index (κ3) is 14.3. The summed E-state index contributed by atoms with van der Waals surface area (Å²) in [5.74, 6) is -16.2. The summed E-state index contributed by atoms with van der Waals surface area (Å²) in [5, 5.41) is 0. The predicted octanol–water partition coefficient (Wildman–Crippen LogP) is 18.7. The fraction of sp³-hybridized carbons (Fsp3) is 0.441. The molecular weight excluding hydrogens is 1080 g/mol. The number of aliphatic imine (C=N–C) groups is 1. The van der Waals surface area contributed by atoms with E-state index in [2.05, 4.69) is 0 Å². The van der Waals surface area contributed by atoms with Crippen molar-refractivity contribution in [1.82, 2.24) is 4.48 Å². The lowest BCUT2D eigenvalue weighted by atomic mass is 9.84. The molecule has 4 nitrogen and oxygen atoms in total. The van der Waals surface area contributed by atoms with Crippen molar-refractivity contribution in [2.24, 2.45) is 10.9 Å². The zero-order chi connectivity index (χ0) is 60.4. The van der Waals surface area contributed by atoms with Gasteiger partial charge in [0.2, 0.25) is 0 Å². The van der Waals surface area contributed by atoms with Crippen molar-refractivity contribution >= 4 is 24.1 Å². The second kappa shape index (κ2) is 21.8. The number of halogens is 16. The predicted molar refractivity (Wildman–Crippen MR) is 280 cm³/mol. The van der Waals surface area contributed by atoms with E-state index in [0.717, 1.165) is 17.2 Å². The Hall–Kier alpha value is -5.83. The SMILES string of the molecule is CC(C)(C)c1ccc(C2=CC(c3ccc(C(C)(C)C)cc3)=N/C2=C(/CC(C(F)(F)F)C(F)(F)F)c2c(-c3ccc(C(C)(C)C)cc3)cc(-c3ccc(C(C)(C)C)cc3)n2B(OCC(F)(F)C(F)(F)F)OCC(F)(F)C(F)(F)F)cc1. The Balaban J connectivity index is 1.92. The molecule has 1 aliphatic heterocycles. The van der Waals surface area contributed by atoms with E-state index in [1.807, 2.05) is 41.5 Å². The molecule has 0 fully saturated rings. The molecule has 0 atom stereocenters. The van der Waals surface area contributed by atoms with E-state index in [1.54, 1.807) is 77.9 Å². The van der Waals surface area contributed by atoms with E-state index in [1.165, 1.54) is 66.7 Å².